The Bertz CT molecular complexity index is 1210. The molecule has 2 atom stereocenters. The minimum Gasteiger partial charge on any atom is -0.350 e. The number of hydrogen-bond donors (Lipinski definition) is 1. The van der Waals surface area contributed by atoms with Gasteiger partial charge in [-0.15, -0.1) is 0 Å². The standard InChI is InChI=1S/C29H31Cl2N3O/c1-4-5-11-24-27(22-15-12-20(2)13-16-22)33-34(23-9-7-6-8-10-23)29(24,3)28(35)32-19-21-14-17-25(30)26(31)18-21/h6-10,12-18,24H,4-5,11,19H2,1-3H3,(H,32,35). The number of nitrogens with one attached hydrogen (secondary N) is 1. The molecule has 0 bridgehead atoms. The Morgan fingerprint density at radius 3 is 2.40 bits per heavy atom. The van der Waals surface area contributed by atoms with Crippen LogP contribution >= 0.6 is 23.2 Å². The molecule has 0 aromatic heterocycles. The highest BCUT2D eigenvalue weighted by Crippen LogP contribution is 2.41. The van der Waals surface area contributed by atoms with Crippen molar-refractivity contribution in [1.82, 2.24) is 5.32 Å². The predicted molar refractivity (Wildman–Crippen MR) is 146 cm³/mol. The van der Waals surface area contributed by atoms with Crippen LogP contribution < -0.4 is 10.3 Å². The molecular weight excluding hydrogens is 477 g/mol. The van der Waals surface area contributed by atoms with Gasteiger partial charge in [0.05, 0.1) is 21.4 Å². The van der Waals surface area contributed by atoms with Gasteiger partial charge < -0.3 is 5.32 Å². The number of benzene rings is 3. The Labute approximate surface area is 217 Å². The molecule has 1 N–H and O–H groups in total. The van der Waals surface area contributed by atoms with Crippen LogP contribution in [0.2, 0.25) is 10.0 Å². The Balaban J connectivity index is 1.72. The summed E-state index contributed by atoms with van der Waals surface area (Å²) in [4.78, 5) is 14.0. The van der Waals surface area contributed by atoms with Crippen molar-refractivity contribution in [2.24, 2.45) is 11.0 Å². The minimum absolute atomic E-state index is 0.0700. The zero-order valence-electron chi connectivity index (χ0n) is 20.4. The van der Waals surface area contributed by atoms with E-state index in [0.717, 1.165) is 41.8 Å². The molecule has 6 heteroatoms. The lowest BCUT2D eigenvalue weighted by atomic mass is 9.76. The number of rotatable bonds is 8. The van der Waals surface area contributed by atoms with Crippen LogP contribution in [0.3, 0.4) is 0 Å². The first kappa shape index (κ1) is 25.3. The Morgan fingerprint density at radius 2 is 1.74 bits per heavy atom. The lowest BCUT2D eigenvalue weighted by molar-refractivity contribution is -0.127. The van der Waals surface area contributed by atoms with Crippen molar-refractivity contribution in [3.63, 3.8) is 0 Å². The minimum atomic E-state index is -0.896. The van der Waals surface area contributed by atoms with Gasteiger partial charge in [-0.3, -0.25) is 4.79 Å². The van der Waals surface area contributed by atoms with Gasteiger partial charge >= 0.3 is 0 Å². The highest BCUT2D eigenvalue weighted by molar-refractivity contribution is 6.42. The molecule has 1 aliphatic heterocycles. The van der Waals surface area contributed by atoms with Crippen molar-refractivity contribution < 1.29 is 4.79 Å². The van der Waals surface area contributed by atoms with E-state index in [1.165, 1.54) is 5.56 Å². The number of amides is 1. The molecule has 35 heavy (non-hydrogen) atoms. The normalized spacial score (nSPS) is 19.5. The van der Waals surface area contributed by atoms with E-state index in [-0.39, 0.29) is 11.8 Å². The van der Waals surface area contributed by atoms with Crippen LogP contribution in [0.15, 0.2) is 77.9 Å². The van der Waals surface area contributed by atoms with Crippen molar-refractivity contribution in [2.45, 2.75) is 52.1 Å². The molecule has 1 heterocycles. The molecule has 0 spiro atoms. The van der Waals surface area contributed by atoms with Gasteiger partial charge in [0.15, 0.2) is 0 Å². The van der Waals surface area contributed by atoms with Crippen LogP contribution in [0.5, 0.6) is 0 Å². The smallest absolute Gasteiger partial charge is 0.248 e. The zero-order chi connectivity index (χ0) is 25.0. The zero-order valence-corrected chi connectivity index (χ0v) is 21.9. The van der Waals surface area contributed by atoms with Gasteiger partial charge in [0, 0.05) is 12.5 Å². The van der Waals surface area contributed by atoms with E-state index < -0.39 is 5.54 Å². The molecule has 3 aromatic rings. The average Bonchev–Trinajstić information content (AvgIpc) is 3.17. The molecular formula is C29H31Cl2N3O. The number of unbranched alkanes of at least 4 members (excludes halogenated alkanes) is 1. The number of anilines is 1. The number of carbonyl (C=O) groups is 1. The number of halogens is 2. The highest BCUT2D eigenvalue weighted by Gasteiger charge is 2.53. The molecule has 4 rings (SSSR count). The second-order valence-electron chi connectivity index (χ2n) is 9.27. The van der Waals surface area contributed by atoms with Gasteiger partial charge in [0.1, 0.15) is 5.54 Å². The van der Waals surface area contributed by atoms with E-state index in [1.54, 1.807) is 12.1 Å². The molecule has 4 nitrogen and oxygen atoms in total. The predicted octanol–water partition coefficient (Wildman–Crippen LogP) is 7.41. The molecule has 0 aliphatic carbocycles. The summed E-state index contributed by atoms with van der Waals surface area (Å²) in [6.07, 6.45) is 2.92. The summed E-state index contributed by atoms with van der Waals surface area (Å²) in [7, 11) is 0. The summed E-state index contributed by atoms with van der Waals surface area (Å²) in [5.41, 5.74) is 4.09. The Morgan fingerprint density at radius 1 is 1.03 bits per heavy atom. The van der Waals surface area contributed by atoms with Crippen molar-refractivity contribution in [2.75, 3.05) is 5.01 Å². The maximum atomic E-state index is 14.0. The molecule has 3 aromatic carbocycles. The maximum absolute atomic E-state index is 14.0. The van der Waals surface area contributed by atoms with E-state index in [1.807, 2.05) is 48.3 Å². The quantitative estimate of drug-likeness (QED) is 0.344. The molecule has 2 unspecified atom stereocenters. The van der Waals surface area contributed by atoms with Crippen LogP contribution in [0.1, 0.15) is 49.8 Å². The largest absolute Gasteiger partial charge is 0.350 e. The van der Waals surface area contributed by atoms with E-state index in [2.05, 4.69) is 43.4 Å². The molecule has 0 fully saturated rings. The van der Waals surface area contributed by atoms with Gasteiger partial charge in [-0.05, 0) is 55.7 Å². The summed E-state index contributed by atoms with van der Waals surface area (Å²) >= 11 is 12.3. The van der Waals surface area contributed by atoms with Crippen molar-refractivity contribution in [3.05, 3.63) is 99.5 Å². The summed E-state index contributed by atoms with van der Waals surface area (Å²) in [5.74, 6) is -0.140. The molecule has 0 saturated carbocycles. The van der Waals surface area contributed by atoms with Crippen molar-refractivity contribution in [3.8, 4) is 0 Å². The number of carbonyl (C=O) groups excluding carboxylic acids is 1. The Hall–Kier alpha value is -2.82. The third-order valence-electron chi connectivity index (χ3n) is 6.75. The lowest BCUT2D eigenvalue weighted by Crippen LogP contribution is -2.57. The van der Waals surface area contributed by atoms with Gasteiger partial charge in [-0.1, -0.05) is 97.1 Å². The third kappa shape index (κ3) is 5.24. The highest BCUT2D eigenvalue weighted by atomic mass is 35.5. The monoisotopic (exact) mass is 507 g/mol. The fourth-order valence-corrected chi connectivity index (χ4v) is 4.99. The Kier molecular flexibility index (Phi) is 7.83. The number of hydrazone groups is 1. The molecule has 1 aliphatic rings. The van der Waals surface area contributed by atoms with Crippen LogP contribution in [0, 0.1) is 12.8 Å². The van der Waals surface area contributed by atoms with E-state index in [0.29, 0.717) is 16.6 Å². The van der Waals surface area contributed by atoms with E-state index in [9.17, 15) is 4.79 Å². The molecule has 0 saturated heterocycles. The van der Waals surface area contributed by atoms with Gasteiger partial charge in [0.25, 0.3) is 0 Å². The third-order valence-corrected chi connectivity index (χ3v) is 7.49. The molecule has 1 amide bonds. The number of nitrogens with zero attached hydrogens (tertiary/aromatic N) is 2. The van der Waals surface area contributed by atoms with Gasteiger partial charge in [-0.2, -0.15) is 5.10 Å². The number of para-hydroxylation sites is 1. The van der Waals surface area contributed by atoms with E-state index >= 15 is 0 Å². The summed E-state index contributed by atoms with van der Waals surface area (Å²) in [6, 6.07) is 23.8. The fraction of sp³-hybridized carbons (Fsp3) is 0.310. The van der Waals surface area contributed by atoms with Gasteiger partial charge in [0.2, 0.25) is 5.91 Å². The summed E-state index contributed by atoms with van der Waals surface area (Å²) < 4.78 is 0. The molecule has 0 radical (unpaired) electrons. The summed E-state index contributed by atoms with van der Waals surface area (Å²) in [6.45, 7) is 6.61. The maximum Gasteiger partial charge on any atom is 0.248 e. The lowest BCUT2D eigenvalue weighted by Gasteiger charge is -2.37. The van der Waals surface area contributed by atoms with E-state index in [4.69, 9.17) is 28.3 Å². The van der Waals surface area contributed by atoms with Crippen molar-refractivity contribution in [1.29, 1.82) is 0 Å². The molecule has 182 valence electrons. The second-order valence-corrected chi connectivity index (χ2v) is 10.1. The van der Waals surface area contributed by atoms with Crippen LogP contribution in [-0.4, -0.2) is 17.2 Å². The summed E-state index contributed by atoms with van der Waals surface area (Å²) in [5, 5.41) is 11.1. The van der Waals surface area contributed by atoms with Crippen LogP contribution in [0.4, 0.5) is 5.69 Å². The first-order chi connectivity index (χ1) is 16.8. The first-order valence-corrected chi connectivity index (χ1v) is 12.8. The second kappa shape index (κ2) is 10.8. The first-order valence-electron chi connectivity index (χ1n) is 12.1. The number of hydrogen-bond acceptors (Lipinski definition) is 3. The van der Waals surface area contributed by atoms with Gasteiger partial charge in [-0.25, -0.2) is 5.01 Å². The fourth-order valence-electron chi connectivity index (χ4n) is 4.66. The van der Waals surface area contributed by atoms with Crippen LogP contribution in [0.25, 0.3) is 0 Å². The number of aryl methyl sites for hydroxylation is 1. The SMILES string of the molecule is CCCCC1C(c2ccc(C)cc2)=NN(c2ccccc2)C1(C)C(=O)NCc1ccc(Cl)c(Cl)c1. The topological polar surface area (TPSA) is 44.7 Å². The van der Waals surface area contributed by atoms with Crippen LogP contribution in [-0.2, 0) is 11.3 Å². The van der Waals surface area contributed by atoms with Crippen molar-refractivity contribution >= 4 is 40.5 Å². The average molecular weight is 508 g/mol.